The lowest BCUT2D eigenvalue weighted by Gasteiger charge is -2.10. The molecule has 136 valence electrons. The number of hydrogen-bond donors (Lipinski definition) is 1. The number of aryl methyl sites for hydroxylation is 3. The summed E-state index contributed by atoms with van der Waals surface area (Å²) in [5.74, 6) is -0.0282. The maximum atomic E-state index is 12.9. The fourth-order valence-electron chi connectivity index (χ4n) is 3.00. The zero-order valence-electron chi connectivity index (χ0n) is 15.5. The molecule has 3 aromatic rings. The minimum Gasteiger partial charge on any atom is -0.399 e. The van der Waals surface area contributed by atoms with Gasteiger partial charge < -0.3 is 5.73 Å². The van der Waals surface area contributed by atoms with Gasteiger partial charge in [-0.1, -0.05) is 11.6 Å². The molecule has 5 heteroatoms. The topological polar surface area (TPSA) is 67.8 Å². The van der Waals surface area contributed by atoms with Crippen molar-refractivity contribution in [1.29, 1.82) is 0 Å². The first kappa shape index (κ1) is 18.8. The molecule has 0 fully saturated rings. The number of nitrogens with zero attached hydrogens (tertiary/aromatic N) is 2. The van der Waals surface area contributed by atoms with Gasteiger partial charge in [0.15, 0.2) is 5.78 Å². The second-order valence-electron chi connectivity index (χ2n) is 6.54. The number of nitrogens with two attached hydrogens (primary N) is 1. The lowest BCUT2D eigenvalue weighted by Crippen LogP contribution is -2.06. The van der Waals surface area contributed by atoms with Crippen LogP contribution in [-0.2, 0) is 0 Å². The van der Waals surface area contributed by atoms with E-state index in [4.69, 9.17) is 17.3 Å². The van der Waals surface area contributed by atoms with Crippen LogP contribution in [0.3, 0.4) is 0 Å². The van der Waals surface area contributed by atoms with Crippen molar-refractivity contribution in [3.05, 3.63) is 87.4 Å². The molecule has 0 saturated heterocycles. The number of halogens is 1. The number of nitrogen functional groups attached to an aromatic ring is 1. The SMILES string of the molecule is Cc1cc(N)ccc1N=Nc1cc(C)c(C(=O)c2ccc(Cl)cc2)c(C)c1. The fraction of sp³-hybridized carbons (Fsp3) is 0.136. The van der Waals surface area contributed by atoms with Crippen molar-refractivity contribution in [2.45, 2.75) is 20.8 Å². The van der Waals surface area contributed by atoms with Gasteiger partial charge in [0.2, 0.25) is 0 Å². The highest BCUT2D eigenvalue weighted by molar-refractivity contribution is 6.30. The van der Waals surface area contributed by atoms with Gasteiger partial charge >= 0.3 is 0 Å². The van der Waals surface area contributed by atoms with E-state index in [9.17, 15) is 4.79 Å². The Kier molecular flexibility index (Phi) is 5.38. The number of anilines is 1. The van der Waals surface area contributed by atoms with Crippen LogP contribution in [0.5, 0.6) is 0 Å². The molecule has 0 aromatic heterocycles. The third kappa shape index (κ3) is 4.23. The van der Waals surface area contributed by atoms with Crippen molar-refractivity contribution in [2.24, 2.45) is 10.2 Å². The largest absolute Gasteiger partial charge is 0.399 e. The zero-order valence-corrected chi connectivity index (χ0v) is 16.2. The Morgan fingerprint density at radius 2 is 1.48 bits per heavy atom. The van der Waals surface area contributed by atoms with E-state index in [0.717, 1.165) is 22.4 Å². The van der Waals surface area contributed by atoms with Crippen molar-refractivity contribution >= 4 is 34.4 Å². The van der Waals surface area contributed by atoms with E-state index in [1.807, 2.05) is 45.0 Å². The van der Waals surface area contributed by atoms with Crippen molar-refractivity contribution in [2.75, 3.05) is 5.73 Å². The minimum absolute atomic E-state index is 0.0282. The molecule has 3 aromatic carbocycles. The molecule has 0 aliphatic rings. The van der Waals surface area contributed by atoms with Crippen LogP contribution in [-0.4, -0.2) is 5.78 Å². The summed E-state index contributed by atoms with van der Waals surface area (Å²) in [6.45, 7) is 5.75. The molecule has 0 radical (unpaired) electrons. The summed E-state index contributed by atoms with van der Waals surface area (Å²) in [5, 5.41) is 9.25. The van der Waals surface area contributed by atoms with Gasteiger partial charge in [-0.05, 0) is 92.1 Å². The molecular weight excluding hydrogens is 358 g/mol. The Labute approximate surface area is 163 Å². The summed E-state index contributed by atoms with van der Waals surface area (Å²) < 4.78 is 0. The van der Waals surface area contributed by atoms with Crippen molar-refractivity contribution in [3.8, 4) is 0 Å². The number of hydrogen-bond acceptors (Lipinski definition) is 4. The van der Waals surface area contributed by atoms with Crippen LogP contribution in [0.15, 0.2) is 64.8 Å². The van der Waals surface area contributed by atoms with Gasteiger partial charge in [-0.15, -0.1) is 0 Å². The number of azo groups is 1. The van der Waals surface area contributed by atoms with Gasteiger partial charge in [-0.3, -0.25) is 4.79 Å². The summed E-state index contributed by atoms with van der Waals surface area (Å²) in [6, 6.07) is 16.1. The van der Waals surface area contributed by atoms with E-state index in [0.29, 0.717) is 27.5 Å². The summed E-state index contributed by atoms with van der Waals surface area (Å²) in [5.41, 5.74) is 11.9. The molecule has 4 nitrogen and oxygen atoms in total. The first-order valence-electron chi connectivity index (χ1n) is 8.54. The third-order valence-corrected chi connectivity index (χ3v) is 4.60. The molecule has 0 atom stereocenters. The van der Waals surface area contributed by atoms with E-state index in [-0.39, 0.29) is 5.78 Å². The van der Waals surface area contributed by atoms with E-state index < -0.39 is 0 Å². The van der Waals surface area contributed by atoms with Crippen molar-refractivity contribution < 1.29 is 4.79 Å². The van der Waals surface area contributed by atoms with Gasteiger partial charge in [0, 0.05) is 21.8 Å². The van der Waals surface area contributed by atoms with Crippen LogP contribution in [0.1, 0.15) is 32.6 Å². The quantitative estimate of drug-likeness (QED) is 0.320. The Hall–Kier alpha value is -2.98. The van der Waals surface area contributed by atoms with E-state index in [1.165, 1.54) is 0 Å². The average Bonchev–Trinajstić information content (AvgIpc) is 2.61. The maximum absolute atomic E-state index is 12.9. The first-order chi connectivity index (χ1) is 12.8. The van der Waals surface area contributed by atoms with Gasteiger partial charge in [-0.25, -0.2) is 0 Å². The standard InChI is InChI=1S/C22H20ClN3O/c1-13-10-18(24)8-9-20(13)26-25-19-11-14(2)21(15(3)12-19)22(27)16-4-6-17(23)7-5-16/h4-12H,24H2,1-3H3. The maximum Gasteiger partial charge on any atom is 0.193 e. The fourth-order valence-corrected chi connectivity index (χ4v) is 3.13. The molecule has 3 rings (SSSR count). The third-order valence-electron chi connectivity index (χ3n) is 4.34. The minimum atomic E-state index is -0.0282. The van der Waals surface area contributed by atoms with Crippen LogP contribution in [0.2, 0.25) is 5.02 Å². The van der Waals surface area contributed by atoms with Crippen LogP contribution in [0, 0.1) is 20.8 Å². The molecule has 0 spiro atoms. The second-order valence-corrected chi connectivity index (χ2v) is 6.97. The van der Waals surface area contributed by atoms with Gasteiger partial charge in [0.05, 0.1) is 11.4 Å². The van der Waals surface area contributed by atoms with Crippen molar-refractivity contribution in [3.63, 3.8) is 0 Å². The Morgan fingerprint density at radius 3 is 2.07 bits per heavy atom. The van der Waals surface area contributed by atoms with Crippen LogP contribution < -0.4 is 5.73 Å². The average molecular weight is 378 g/mol. The second kappa shape index (κ2) is 7.72. The van der Waals surface area contributed by atoms with Crippen molar-refractivity contribution in [1.82, 2.24) is 0 Å². The number of carbonyl (C=O) groups excluding carboxylic acids is 1. The molecule has 0 saturated carbocycles. The summed E-state index contributed by atoms with van der Waals surface area (Å²) in [6.07, 6.45) is 0. The van der Waals surface area contributed by atoms with Crippen LogP contribution >= 0.6 is 11.6 Å². The molecule has 0 bridgehead atoms. The molecule has 0 unspecified atom stereocenters. The van der Waals surface area contributed by atoms with Crippen LogP contribution in [0.4, 0.5) is 17.1 Å². The lowest BCUT2D eigenvalue weighted by molar-refractivity contribution is 0.103. The van der Waals surface area contributed by atoms with E-state index in [1.54, 1.807) is 30.3 Å². The van der Waals surface area contributed by atoms with Gasteiger partial charge in [0.25, 0.3) is 0 Å². The molecule has 0 heterocycles. The highest BCUT2D eigenvalue weighted by Crippen LogP contribution is 2.28. The van der Waals surface area contributed by atoms with Gasteiger partial charge in [-0.2, -0.15) is 10.2 Å². The molecule has 0 aliphatic heterocycles. The number of rotatable bonds is 4. The number of ketones is 1. The number of benzene rings is 3. The predicted octanol–water partition coefficient (Wildman–Crippen LogP) is 6.49. The summed E-state index contributed by atoms with van der Waals surface area (Å²) >= 11 is 5.91. The summed E-state index contributed by atoms with van der Waals surface area (Å²) in [7, 11) is 0. The Bertz CT molecular complexity index is 1020. The highest BCUT2D eigenvalue weighted by Gasteiger charge is 2.15. The highest BCUT2D eigenvalue weighted by atomic mass is 35.5. The first-order valence-corrected chi connectivity index (χ1v) is 8.92. The van der Waals surface area contributed by atoms with E-state index >= 15 is 0 Å². The Balaban J connectivity index is 1.91. The van der Waals surface area contributed by atoms with E-state index in [2.05, 4.69) is 10.2 Å². The van der Waals surface area contributed by atoms with Crippen LogP contribution in [0.25, 0.3) is 0 Å². The van der Waals surface area contributed by atoms with Gasteiger partial charge in [0.1, 0.15) is 0 Å². The number of carbonyl (C=O) groups is 1. The molecule has 0 amide bonds. The molecular formula is C22H20ClN3O. The monoisotopic (exact) mass is 377 g/mol. The predicted molar refractivity (Wildman–Crippen MR) is 111 cm³/mol. The smallest absolute Gasteiger partial charge is 0.193 e. The normalized spacial score (nSPS) is 11.1. The Morgan fingerprint density at radius 1 is 0.852 bits per heavy atom. The summed E-state index contributed by atoms with van der Waals surface area (Å²) in [4.78, 5) is 12.9. The molecule has 0 aliphatic carbocycles. The molecule has 27 heavy (non-hydrogen) atoms. The molecule has 2 N–H and O–H groups in total. The zero-order chi connectivity index (χ0) is 19.6. The lowest BCUT2D eigenvalue weighted by atomic mass is 9.94.